The summed E-state index contributed by atoms with van der Waals surface area (Å²) in [6.45, 7) is 2.09. The molecule has 2 amide bonds. The highest BCUT2D eigenvalue weighted by atomic mass is 35.5. The van der Waals surface area contributed by atoms with Gasteiger partial charge in [0.15, 0.2) is 0 Å². The Balaban J connectivity index is 1.55. The van der Waals surface area contributed by atoms with Gasteiger partial charge in [-0.15, -0.1) is 0 Å². The maximum atomic E-state index is 13.3. The van der Waals surface area contributed by atoms with Crippen molar-refractivity contribution in [1.82, 2.24) is 4.90 Å². The predicted molar refractivity (Wildman–Crippen MR) is 120 cm³/mol. The molecule has 4 rings (SSSR count). The van der Waals surface area contributed by atoms with Crippen molar-refractivity contribution in [3.05, 3.63) is 64.7 Å². The Morgan fingerprint density at radius 3 is 2.37 bits per heavy atom. The maximum absolute atomic E-state index is 13.3. The van der Waals surface area contributed by atoms with Crippen LogP contribution in [0, 0.1) is 0 Å². The number of benzene rings is 2. The van der Waals surface area contributed by atoms with Gasteiger partial charge in [0.25, 0.3) is 5.91 Å². The Labute approximate surface area is 182 Å². The number of nitrogens with zero attached hydrogens (tertiary/aromatic N) is 2. The monoisotopic (exact) mass is 423 g/mol. The zero-order valence-corrected chi connectivity index (χ0v) is 17.9. The fourth-order valence-corrected chi connectivity index (χ4v) is 4.44. The van der Waals surface area contributed by atoms with Crippen molar-refractivity contribution in [1.29, 1.82) is 0 Å². The number of aliphatic imine (C=N–C) groups is 1. The van der Waals surface area contributed by atoms with E-state index in [1.807, 2.05) is 36.4 Å². The molecule has 1 aliphatic heterocycles. The van der Waals surface area contributed by atoms with Gasteiger partial charge in [0, 0.05) is 16.3 Å². The van der Waals surface area contributed by atoms with Crippen molar-refractivity contribution in [2.45, 2.75) is 51.1 Å². The molecule has 0 atom stereocenters. The lowest BCUT2D eigenvalue weighted by Crippen LogP contribution is -2.51. The molecule has 0 unspecified atom stereocenters. The molecular weight excluding hydrogens is 398 g/mol. The molecular formula is C24H26ClN3O2. The second-order valence-electron chi connectivity index (χ2n) is 8.00. The first-order valence-corrected chi connectivity index (χ1v) is 10.9. The minimum atomic E-state index is -0.617. The van der Waals surface area contributed by atoms with Crippen LogP contribution in [-0.2, 0) is 16.0 Å². The summed E-state index contributed by atoms with van der Waals surface area (Å²) in [6.07, 6.45) is 5.65. The highest BCUT2D eigenvalue weighted by Crippen LogP contribution is 2.39. The molecule has 5 nitrogen and oxygen atoms in total. The number of hydrogen-bond acceptors (Lipinski definition) is 3. The Hall–Kier alpha value is -2.66. The Morgan fingerprint density at radius 1 is 1.07 bits per heavy atom. The van der Waals surface area contributed by atoms with E-state index in [9.17, 15) is 9.59 Å². The molecule has 1 N–H and O–H groups in total. The molecule has 1 spiro atoms. The molecule has 2 aliphatic rings. The first-order chi connectivity index (χ1) is 14.5. The third kappa shape index (κ3) is 4.12. The summed E-state index contributed by atoms with van der Waals surface area (Å²) in [5.41, 5.74) is 2.50. The van der Waals surface area contributed by atoms with Crippen molar-refractivity contribution in [3.8, 4) is 0 Å². The van der Waals surface area contributed by atoms with Gasteiger partial charge in [-0.1, -0.05) is 49.2 Å². The second-order valence-corrected chi connectivity index (χ2v) is 8.44. The summed E-state index contributed by atoms with van der Waals surface area (Å²) in [6, 6.07) is 14.9. The van der Waals surface area contributed by atoms with Crippen molar-refractivity contribution in [3.63, 3.8) is 0 Å². The van der Waals surface area contributed by atoms with Crippen LogP contribution >= 0.6 is 11.6 Å². The summed E-state index contributed by atoms with van der Waals surface area (Å²) in [4.78, 5) is 32.7. The van der Waals surface area contributed by atoms with Gasteiger partial charge >= 0.3 is 0 Å². The van der Waals surface area contributed by atoms with E-state index in [-0.39, 0.29) is 18.4 Å². The Morgan fingerprint density at radius 2 is 1.73 bits per heavy atom. The van der Waals surface area contributed by atoms with Crippen LogP contribution in [0.1, 0.15) is 50.2 Å². The third-order valence-electron chi connectivity index (χ3n) is 5.99. The Kier molecular flexibility index (Phi) is 5.91. The van der Waals surface area contributed by atoms with Gasteiger partial charge in [-0.25, -0.2) is 0 Å². The summed E-state index contributed by atoms with van der Waals surface area (Å²) >= 11 is 6.00. The normalized spacial score (nSPS) is 17.9. The number of carbonyl (C=O) groups excluding carboxylic acids is 2. The van der Waals surface area contributed by atoms with Gasteiger partial charge in [0.1, 0.15) is 17.9 Å². The van der Waals surface area contributed by atoms with Crippen LogP contribution in [0.2, 0.25) is 5.02 Å². The molecule has 2 aromatic carbocycles. The molecule has 0 aromatic heterocycles. The van der Waals surface area contributed by atoms with Crippen molar-refractivity contribution in [2.75, 3.05) is 11.9 Å². The smallest absolute Gasteiger partial charge is 0.275 e. The lowest BCUT2D eigenvalue weighted by molar-refractivity contribution is -0.134. The van der Waals surface area contributed by atoms with Crippen LogP contribution < -0.4 is 5.32 Å². The van der Waals surface area contributed by atoms with Gasteiger partial charge in [0.05, 0.1) is 0 Å². The van der Waals surface area contributed by atoms with Gasteiger partial charge in [-0.2, -0.15) is 0 Å². The molecule has 1 aliphatic carbocycles. The summed E-state index contributed by atoms with van der Waals surface area (Å²) < 4.78 is 0. The minimum Gasteiger partial charge on any atom is -0.325 e. The van der Waals surface area contributed by atoms with Crippen LogP contribution in [0.5, 0.6) is 0 Å². The van der Waals surface area contributed by atoms with Gasteiger partial charge in [-0.05, 0) is 61.9 Å². The first kappa shape index (κ1) is 20.6. The molecule has 6 heteroatoms. The predicted octanol–water partition coefficient (Wildman–Crippen LogP) is 4.83. The molecule has 30 heavy (non-hydrogen) atoms. The summed E-state index contributed by atoms with van der Waals surface area (Å²) in [5, 5.41) is 3.54. The average Bonchev–Trinajstić information content (AvgIpc) is 3.01. The molecule has 1 saturated carbocycles. The van der Waals surface area contributed by atoms with Gasteiger partial charge in [0.2, 0.25) is 5.91 Å². The molecule has 1 heterocycles. The third-order valence-corrected chi connectivity index (χ3v) is 6.24. The number of hydrogen-bond donors (Lipinski definition) is 1. The number of amides is 2. The number of anilines is 1. The lowest BCUT2D eigenvalue weighted by atomic mass is 9.88. The molecule has 0 bridgehead atoms. The molecule has 156 valence electrons. The zero-order chi connectivity index (χ0) is 21.1. The van der Waals surface area contributed by atoms with Crippen LogP contribution in [-0.4, -0.2) is 34.6 Å². The SMILES string of the molecule is CCc1ccc(NC(=O)CN2C(=O)C(c3ccc(Cl)cc3)=NC23CCCCC3)cc1. The van der Waals surface area contributed by atoms with E-state index < -0.39 is 5.66 Å². The van der Waals surface area contributed by atoms with Crippen LogP contribution in [0.4, 0.5) is 5.69 Å². The molecule has 1 fully saturated rings. The standard InChI is InChI=1S/C24H26ClN3O2/c1-2-17-6-12-20(13-7-17)26-21(29)16-28-23(30)22(18-8-10-19(25)11-9-18)27-24(28)14-4-3-5-15-24/h6-13H,2-5,14-16H2,1H3,(H,26,29). The number of nitrogens with one attached hydrogen (secondary N) is 1. The number of aryl methyl sites for hydroxylation is 1. The van der Waals surface area contributed by atoms with Crippen LogP contribution in [0.3, 0.4) is 0 Å². The van der Waals surface area contributed by atoms with E-state index >= 15 is 0 Å². The van der Waals surface area contributed by atoms with Crippen LogP contribution in [0.15, 0.2) is 53.5 Å². The van der Waals surface area contributed by atoms with Crippen molar-refractivity contribution in [2.24, 2.45) is 4.99 Å². The van der Waals surface area contributed by atoms with Crippen molar-refractivity contribution < 1.29 is 9.59 Å². The molecule has 2 aromatic rings. The van der Waals surface area contributed by atoms with Crippen LogP contribution in [0.25, 0.3) is 0 Å². The van der Waals surface area contributed by atoms with Gasteiger partial charge < -0.3 is 10.2 Å². The minimum absolute atomic E-state index is 0.00501. The quantitative estimate of drug-likeness (QED) is 0.748. The molecule has 0 saturated heterocycles. The summed E-state index contributed by atoms with van der Waals surface area (Å²) in [5.74, 6) is -0.388. The molecule has 0 radical (unpaired) electrons. The Bertz CT molecular complexity index is 961. The average molecular weight is 424 g/mol. The first-order valence-electron chi connectivity index (χ1n) is 10.6. The maximum Gasteiger partial charge on any atom is 0.275 e. The second kappa shape index (κ2) is 8.60. The van der Waals surface area contributed by atoms with E-state index in [4.69, 9.17) is 16.6 Å². The number of rotatable bonds is 5. The largest absolute Gasteiger partial charge is 0.325 e. The lowest BCUT2D eigenvalue weighted by Gasteiger charge is -2.38. The fraction of sp³-hybridized carbons (Fsp3) is 0.375. The van der Waals surface area contributed by atoms with E-state index in [1.54, 1.807) is 17.0 Å². The van der Waals surface area contributed by atoms with E-state index in [2.05, 4.69) is 12.2 Å². The topological polar surface area (TPSA) is 61.8 Å². The number of carbonyl (C=O) groups is 2. The van der Waals surface area contributed by atoms with Gasteiger partial charge in [-0.3, -0.25) is 14.6 Å². The number of halogens is 1. The fourth-order valence-electron chi connectivity index (χ4n) is 4.32. The highest BCUT2D eigenvalue weighted by Gasteiger charge is 2.48. The van der Waals surface area contributed by atoms with Crippen molar-refractivity contribution >= 4 is 34.8 Å². The van der Waals surface area contributed by atoms with E-state index in [0.29, 0.717) is 10.7 Å². The highest BCUT2D eigenvalue weighted by molar-refractivity contribution is 6.47. The summed E-state index contributed by atoms with van der Waals surface area (Å²) in [7, 11) is 0. The van der Waals surface area contributed by atoms with E-state index in [0.717, 1.165) is 49.8 Å². The zero-order valence-electron chi connectivity index (χ0n) is 17.2. The van der Waals surface area contributed by atoms with E-state index in [1.165, 1.54) is 5.56 Å².